The number of carboxylic acid groups (broad SMARTS) is 1. The molecule has 0 spiro atoms. The second-order valence-corrected chi connectivity index (χ2v) is 5.67. The zero-order chi connectivity index (χ0) is 17.2. The molecule has 0 saturated heterocycles. The zero-order valence-electron chi connectivity index (χ0n) is 13.9. The van der Waals surface area contributed by atoms with Crippen LogP contribution in [0.4, 0.5) is 0 Å². The van der Waals surface area contributed by atoms with Crippen LogP contribution >= 0.6 is 0 Å². The molecule has 0 aliphatic heterocycles. The topological polar surface area (TPSA) is 75.6 Å². The third-order valence-electron chi connectivity index (χ3n) is 3.30. The molecule has 1 atom stereocenters. The Bertz CT molecular complexity index is 534. The van der Waals surface area contributed by atoms with E-state index in [1.54, 1.807) is 19.9 Å². The molecular formula is C18H25NO4. The van der Waals surface area contributed by atoms with Crippen LogP contribution < -0.4 is 10.1 Å². The monoisotopic (exact) mass is 319 g/mol. The van der Waals surface area contributed by atoms with E-state index in [4.69, 9.17) is 9.84 Å². The molecule has 0 aliphatic rings. The molecule has 23 heavy (non-hydrogen) atoms. The van der Waals surface area contributed by atoms with Crippen molar-refractivity contribution in [2.45, 2.75) is 39.7 Å². The molecule has 1 amide bonds. The van der Waals surface area contributed by atoms with E-state index in [-0.39, 0.29) is 5.92 Å². The fourth-order valence-corrected chi connectivity index (χ4v) is 1.90. The molecule has 0 radical (unpaired) electrons. The SMILES string of the molecule is CCCCOc1ccc(/C=C/C(=O)NC(C(=O)O)C(C)C)cc1. The first kappa shape index (κ1) is 18.7. The Morgan fingerprint density at radius 3 is 2.43 bits per heavy atom. The normalized spacial score (nSPS) is 12.3. The maximum absolute atomic E-state index is 11.8. The third-order valence-corrected chi connectivity index (χ3v) is 3.30. The summed E-state index contributed by atoms with van der Waals surface area (Å²) in [4.78, 5) is 22.8. The van der Waals surface area contributed by atoms with Gasteiger partial charge in [-0.1, -0.05) is 39.3 Å². The number of carbonyl (C=O) groups is 2. The Morgan fingerprint density at radius 1 is 1.26 bits per heavy atom. The van der Waals surface area contributed by atoms with Crippen molar-refractivity contribution in [3.8, 4) is 5.75 Å². The zero-order valence-corrected chi connectivity index (χ0v) is 13.9. The summed E-state index contributed by atoms with van der Waals surface area (Å²) in [7, 11) is 0. The Hall–Kier alpha value is -2.30. The highest BCUT2D eigenvalue weighted by Gasteiger charge is 2.22. The lowest BCUT2D eigenvalue weighted by molar-refractivity contribution is -0.142. The lowest BCUT2D eigenvalue weighted by atomic mass is 10.0. The largest absolute Gasteiger partial charge is 0.494 e. The molecular weight excluding hydrogens is 294 g/mol. The Kier molecular flexibility index (Phi) is 7.88. The van der Waals surface area contributed by atoms with Crippen LogP contribution in [0, 0.1) is 5.92 Å². The van der Waals surface area contributed by atoms with Gasteiger partial charge >= 0.3 is 5.97 Å². The van der Waals surface area contributed by atoms with Gasteiger partial charge in [0.25, 0.3) is 0 Å². The van der Waals surface area contributed by atoms with Crippen molar-refractivity contribution in [2.75, 3.05) is 6.61 Å². The summed E-state index contributed by atoms with van der Waals surface area (Å²) in [6.07, 6.45) is 5.09. The second kappa shape index (κ2) is 9.66. The maximum atomic E-state index is 11.8. The number of aliphatic carboxylic acids is 1. The van der Waals surface area contributed by atoms with Gasteiger partial charge in [0.2, 0.25) is 5.91 Å². The lowest BCUT2D eigenvalue weighted by Crippen LogP contribution is -2.43. The van der Waals surface area contributed by atoms with Gasteiger partial charge in [-0.15, -0.1) is 0 Å². The smallest absolute Gasteiger partial charge is 0.326 e. The van der Waals surface area contributed by atoms with E-state index in [0.717, 1.165) is 24.2 Å². The summed E-state index contributed by atoms with van der Waals surface area (Å²) in [5, 5.41) is 11.5. The summed E-state index contributed by atoms with van der Waals surface area (Å²) in [6, 6.07) is 6.51. The highest BCUT2D eigenvalue weighted by molar-refractivity contribution is 5.94. The predicted molar refractivity (Wildman–Crippen MR) is 90.3 cm³/mol. The van der Waals surface area contributed by atoms with E-state index in [0.29, 0.717) is 6.61 Å². The highest BCUT2D eigenvalue weighted by Crippen LogP contribution is 2.13. The number of unbranched alkanes of at least 4 members (excludes halogenated alkanes) is 1. The molecule has 0 bridgehead atoms. The number of carbonyl (C=O) groups excluding carboxylic acids is 1. The number of amides is 1. The first-order valence-corrected chi connectivity index (χ1v) is 7.88. The van der Waals surface area contributed by atoms with Gasteiger partial charge < -0.3 is 15.2 Å². The van der Waals surface area contributed by atoms with Crippen LogP contribution in [0.5, 0.6) is 5.75 Å². The van der Waals surface area contributed by atoms with Gasteiger partial charge in [0.1, 0.15) is 11.8 Å². The summed E-state index contributed by atoms with van der Waals surface area (Å²) < 4.78 is 5.56. The van der Waals surface area contributed by atoms with Crippen LogP contribution in [0.25, 0.3) is 6.08 Å². The molecule has 1 aromatic rings. The van der Waals surface area contributed by atoms with Gasteiger partial charge in [-0.05, 0) is 36.1 Å². The minimum atomic E-state index is -1.03. The molecule has 0 aliphatic carbocycles. The van der Waals surface area contributed by atoms with Crippen molar-refractivity contribution in [1.29, 1.82) is 0 Å². The van der Waals surface area contributed by atoms with Gasteiger partial charge in [-0.25, -0.2) is 4.79 Å². The number of carboxylic acids is 1. The first-order chi connectivity index (χ1) is 10.9. The van der Waals surface area contributed by atoms with Crippen molar-refractivity contribution < 1.29 is 19.4 Å². The Balaban J connectivity index is 2.56. The van der Waals surface area contributed by atoms with Crippen molar-refractivity contribution in [2.24, 2.45) is 5.92 Å². The van der Waals surface area contributed by atoms with Crippen LogP contribution in [-0.2, 0) is 9.59 Å². The lowest BCUT2D eigenvalue weighted by Gasteiger charge is -2.16. The molecule has 0 heterocycles. The van der Waals surface area contributed by atoms with E-state index in [1.807, 2.05) is 24.3 Å². The van der Waals surface area contributed by atoms with Crippen molar-refractivity contribution in [1.82, 2.24) is 5.32 Å². The van der Waals surface area contributed by atoms with E-state index in [2.05, 4.69) is 12.2 Å². The molecule has 1 unspecified atom stereocenters. The summed E-state index contributed by atoms with van der Waals surface area (Å²) >= 11 is 0. The number of hydrogen-bond donors (Lipinski definition) is 2. The number of hydrogen-bond acceptors (Lipinski definition) is 3. The average molecular weight is 319 g/mol. The van der Waals surface area contributed by atoms with Crippen LogP contribution in [0.1, 0.15) is 39.2 Å². The number of ether oxygens (including phenoxy) is 1. The van der Waals surface area contributed by atoms with E-state index < -0.39 is 17.9 Å². The van der Waals surface area contributed by atoms with Crippen molar-refractivity contribution >= 4 is 18.0 Å². The second-order valence-electron chi connectivity index (χ2n) is 5.67. The van der Waals surface area contributed by atoms with Crippen LogP contribution in [0.2, 0.25) is 0 Å². The highest BCUT2D eigenvalue weighted by atomic mass is 16.5. The molecule has 0 saturated carbocycles. The fraction of sp³-hybridized carbons (Fsp3) is 0.444. The van der Waals surface area contributed by atoms with Crippen LogP contribution in [-0.4, -0.2) is 29.6 Å². The van der Waals surface area contributed by atoms with Gasteiger partial charge in [0.05, 0.1) is 6.61 Å². The van der Waals surface area contributed by atoms with Crippen LogP contribution in [0.15, 0.2) is 30.3 Å². The summed E-state index contributed by atoms with van der Waals surface area (Å²) in [5.41, 5.74) is 0.847. The van der Waals surface area contributed by atoms with E-state index in [1.165, 1.54) is 6.08 Å². The number of rotatable bonds is 9. The van der Waals surface area contributed by atoms with E-state index >= 15 is 0 Å². The van der Waals surface area contributed by atoms with Crippen LogP contribution in [0.3, 0.4) is 0 Å². The third kappa shape index (κ3) is 7.00. The molecule has 1 rings (SSSR count). The summed E-state index contributed by atoms with van der Waals surface area (Å²) in [6.45, 7) is 6.30. The Morgan fingerprint density at radius 2 is 1.91 bits per heavy atom. The molecule has 126 valence electrons. The number of nitrogens with one attached hydrogen (secondary N) is 1. The van der Waals surface area contributed by atoms with Gasteiger partial charge in [0, 0.05) is 6.08 Å². The fourth-order valence-electron chi connectivity index (χ4n) is 1.90. The minimum Gasteiger partial charge on any atom is -0.494 e. The van der Waals surface area contributed by atoms with Crippen molar-refractivity contribution in [3.05, 3.63) is 35.9 Å². The molecule has 5 nitrogen and oxygen atoms in total. The molecule has 1 aromatic carbocycles. The average Bonchev–Trinajstić information content (AvgIpc) is 2.51. The van der Waals surface area contributed by atoms with E-state index in [9.17, 15) is 9.59 Å². The van der Waals surface area contributed by atoms with Gasteiger partial charge in [-0.2, -0.15) is 0 Å². The standard InChI is InChI=1S/C18H25NO4/c1-4-5-12-23-15-9-6-14(7-10-15)8-11-16(20)19-17(13(2)3)18(21)22/h6-11,13,17H,4-5,12H2,1-3H3,(H,19,20)(H,21,22)/b11-8+. The number of benzene rings is 1. The molecule has 0 aromatic heterocycles. The first-order valence-electron chi connectivity index (χ1n) is 7.88. The molecule has 2 N–H and O–H groups in total. The minimum absolute atomic E-state index is 0.176. The van der Waals surface area contributed by atoms with Gasteiger partial charge in [0.15, 0.2) is 0 Å². The Labute approximate surface area is 137 Å². The van der Waals surface area contributed by atoms with Crippen molar-refractivity contribution in [3.63, 3.8) is 0 Å². The maximum Gasteiger partial charge on any atom is 0.326 e. The molecule has 5 heteroatoms. The molecule has 0 fully saturated rings. The summed E-state index contributed by atoms with van der Waals surface area (Å²) in [5.74, 6) is -0.833. The quantitative estimate of drug-likeness (QED) is 0.542. The predicted octanol–water partition coefficient (Wildman–Crippen LogP) is 3.10. The van der Waals surface area contributed by atoms with Gasteiger partial charge in [-0.3, -0.25) is 4.79 Å².